The van der Waals surface area contributed by atoms with Gasteiger partial charge in [0.1, 0.15) is 0 Å². The lowest BCUT2D eigenvalue weighted by atomic mass is 10.1. The van der Waals surface area contributed by atoms with Gasteiger partial charge in [0, 0.05) is 24.4 Å². The molecule has 5 nitrogen and oxygen atoms in total. The normalized spacial score (nSPS) is 9.60. The molecule has 1 N–H and O–H groups in total. The molecule has 100 valence electrons. The zero-order chi connectivity index (χ0) is 14.4. The van der Waals surface area contributed by atoms with Crippen molar-refractivity contribution in [2.24, 2.45) is 0 Å². The first kappa shape index (κ1) is 13.6. The van der Waals surface area contributed by atoms with Crippen LogP contribution >= 0.6 is 0 Å². The first-order chi connectivity index (χ1) is 9.72. The minimum Gasteiger partial charge on any atom is -0.481 e. The van der Waals surface area contributed by atoms with Crippen LogP contribution in [-0.2, 0) is 6.54 Å². The van der Waals surface area contributed by atoms with Gasteiger partial charge in [0.05, 0.1) is 18.7 Å². The van der Waals surface area contributed by atoms with Crippen molar-refractivity contribution < 1.29 is 9.53 Å². The zero-order valence-corrected chi connectivity index (χ0v) is 11.0. The molecule has 1 heterocycles. The molecule has 2 rings (SSSR count). The van der Waals surface area contributed by atoms with Gasteiger partial charge in [-0.25, -0.2) is 4.98 Å². The summed E-state index contributed by atoms with van der Waals surface area (Å²) in [6, 6.07) is 12.1. The molecule has 0 aliphatic rings. The molecule has 0 unspecified atom stereocenters. The fourth-order valence-electron chi connectivity index (χ4n) is 1.65. The average Bonchev–Trinajstić information content (AvgIpc) is 2.53. The summed E-state index contributed by atoms with van der Waals surface area (Å²) in [6.07, 6.45) is 1.64. The van der Waals surface area contributed by atoms with Crippen molar-refractivity contribution in [3.63, 3.8) is 0 Å². The monoisotopic (exact) mass is 267 g/mol. The van der Waals surface area contributed by atoms with E-state index in [1.165, 1.54) is 0 Å². The van der Waals surface area contributed by atoms with E-state index in [1.54, 1.807) is 43.6 Å². The van der Waals surface area contributed by atoms with Crippen molar-refractivity contribution in [1.82, 2.24) is 10.3 Å². The molecular weight excluding hydrogens is 254 g/mol. The highest BCUT2D eigenvalue weighted by molar-refractivity contribution is 5.94. The second kappa shape index (κ2) is 6.34. The molecule has 0 fully saturated rings. The first-order valence-corrected chi connectivity index (χ1v) is 6.00. The Morgan fingerprint density at radius 1 is 1.40 bits per heavy atom. The number of rotatable bonds is 4. The van der Waals surface area contributed by atoms with Gasteiger partial charge in [0.25, 0.3) is 5.91 Å². The summed E-state index contributed by atoms with van der Waals surface area (Å²) in [6.45, 7) is 0.368. The Labute approximate surface area is 116 Å². The van der Waals surface area contributed by atoms with E-state index in [1.807, 2.05) is 12.1 Å². The van der Waals surface area contributed by atoms with Crippen LogP contribution < -0.4 is 10.1 Å². The molecule has 0 aliphatic carbocycles. The molecule has 0 aliphatic heterocycles. The van der Waals surface area contributed by atoms with Gasteiger partial charge in [0.15, 0.2) is 0 Å². The van der Waals surface area contributed by atoms with Crippen LogP contribution in [0.4, 0.5) is 0 Å². The fraction of sp³-hybridized carbons (Fsp3) is 0.133. The standard InChI is InChI=1S/C15H13N3O2/c1-20-14-6-5-12(9-17-14)10-18-15(19)13-4-2-3-11(7-13)8-16/h2-7,9H,10H2,1H3,(H,18,19). The number of benzene rings is 1. The van der Waals surface area contributed by atoms with Crippen molar-refractivity contribution in [3.05, 3.63) is 59.3 Å². The number of nitrogens with one attached hydrogen (secondary N) is 1. The van der Waals surface area contributed by atoms with Crippen LogP contribution in [0.5, 0.6) is 5.88 Å². The number of methoxy groups -OCH3 is 1. The van der Waals surface area contributed by atoms with Crippen LogP contribution in [0.2, 0.25) is 0 Å². The van der Waals surface area contributed by atoms with Gasteiger partial charge in [-0.2, -0.15) is 5.26 Å². The predicted octanol–water partition coefficient (Wildman–Crippen LogP) is 1.89. The SMILES string of the molecule is COc1ccc(CNC(=O)c2cccc(C#N)c2)cn1. The van der Waals surface area contributed by atoms with Crippen LogP contribution in [0.3, 0.4) is 0 Å². The number of pyridine rings is 1. The Balaban J connectivity index is 1.99. The highest BCUT2D eigenvalue weighted by Gasteiger charge is 2.06. The minimum atomic E-state index is -0.224. The summed E-state index contributed by atoms with van der Waals surface area (Å²) in [4.78, 5) is 16.0. The fourth-order valence-corrected chi connectivity index (χ4v) is 1.65. The minimum absolute atomic E-state index is 0.224. The number of hydrogen-bond acceptors (Lipinski definition) is 4. The van der Waals surface area contributed by atoms with Gasteiger partial charge < -0.3 is 10.1 Å². The Hall–Kier alpha value is -2.87. The van der Waals surface area contributed by atoms with E-state index < -0.39 is 0 Å². The third-order valence-electron chi connectivity index (χ3n) is 2.71. The lowest BCUT2D eigenvalue weighted by molar-refractivity contribution is 0.0951. The maximum absolute atomic E-state index is 11.9. The second-order valence-corrected chi connectivity index (χ2v) is 4.08. The number of nitriles is 1. The van der Waals surface area contributed by atoms with Crippen LogP contribution in [0.15, 0.2) is 42.6 Å². The number of ether oxygens (including phenoxy) is 1. The summed E-state index contributed by atoms with van der Waals surface area (Å²) in [5, 5.41) is 11.6. The molecule has 2 aromatic rings. The van der Waals surface area contributed by atoms with Crippen LogP contribution in [0.1, 0.15) is 21.5 Å². The molecule has 0 radical (unpaired) electrons. The highest BCUT2D eigenvalue weighted by Crippen LogP contribution is 2.07. The number of nitrogens with zero attached hydrogens (tertiary/aromatic N) is 2. The van der Waals surface area contributed by atoms with Gasteiger partial charge in [-0.3, -0.25) is 4.79 Å². The number of aromatic nitrogens is 1. The van der Waals surface area contributed by atoms with E-state index >= 15 is 0 Å². The zero-order valence-electron chi connectivity index (χ0n) is 11.0. The topological polar surface area (TPSA) is 75.0 Å². The quantitative estimate of drug-likeness (QED) is 0.917. The third-order valence-corrected chi connectivity index (χ3v) is 2.71. The molecule has 0 spiro atoms. The van der Waals surface area contributed by atoms with Gasteiger partial charge in [-0.1, -0.05) is 12.1 Å². The van der Waals surface area contributed by atoms with Crippen LogP contribution in [-0.4, -0.2) is 18.0 Å². The Morgan fingerprint density at radius 2 is 2.25 bits per heavy atom. The van der Waals surface area contributed by atoms with Gasteiger partial charge in [-0.05, 0) is 23.8 Å². The van der Waals surface area contributed by atoms with E-state index in [0.717, 1.165) is 5.56 Å². The van der Waals surface area contributed by atoms with E-state index in [9.17, 15) is 4.79 Å². The second-order valence-electron chi connectivity index (χ2n) is 4.08. The smallest absolute Gasteiger partial charge is 0.251 e. The molecule has 0 saturated carbocycles. The van der Waals surface area contributed by atoms with Crippen LogP contribution in [0.25, 0.3) is 0 Å². The van der Waals surface area contributed by atoms with E-state index in [-0.39, 0.29) is 5.91 Å². The van der Waals surface area contributed by atoms with Crippen molar-refractivity contribution in [1.29, 1.82) is 5.26 Å². The summed E-state index contributed by atoms with van der Waals surface area (Å²) in [5.41, 5.74) is 1.80. The van der Waals surface area contributed by atoms with Gasteiger partial charge in [-0.15, -0.1) is 0 Å². The maximum atomic E-state index is 11.9. The molecule has 1 aromatic heterocycles. The van der Waals surface area contributed by atoms with Gasteiger partial charge >= 0.3 is 0 Å². The van der Waals surface area contributed by atoms with Gasteiger partial charge in [0.2, 0.25) is 5.88 Å². The highest BCUT2D eigenvalue weighted by atomic mass is 16.5. The Kier molecular flexibility index (Phi) is 4.30. The summed E-state index contributed by atoms with van der Waals surface area (Å²) in [7, 11) is 1.55. The van der Waals surface area contributed by atoms with Crippen molar-refractivity contribution in [3.8, 4) is 11.9 Å². The third kappa shape index (κ3) is 3.33. The summed E-state index contributed by atoms with van der Waals surface area (Å²) >= 11 is 0. The Morgan fingerprint density at radius 3 is 2.90 bits per heavy atom. The lowest BCUT2D eigenvalue weighted by Gasteiger charge is -2.06. The molecule has 5 heteroatoms. The molecule has 0 atom stereocenters. The molecule has 0 saturated heterocycles. The van der Waals surface area contributed by atoms with E-state index in [4.69, 9.17) is 10.00 Å². The van der Waals surface area contributed by atoms with E-state index in [0.29, 0.717) is 23.6 Å². The summed E-state index contributed by atoms with van der Waals surface area (Å²) < 4.78 is 4.96. The molecule has 0 bridgehead atoms. The molecule has 20 heavy (non-hydrogen) atoms. The molecule has 1 aromatic carbocycles. The number of amides is 1. The number of carbonyl (C=O) groups is 1. The number of carbonyl (C=O) groups excluding carboxylic acids is 1. The largest absolute Gasteiger partial charge is 0.481 e. The number of hydrogen-bond donors (Lipinski definition) is 1. The molecule has 1 amide bonds. The van der Waals surface area contributed by atoms with Crippen molar-refractivity contribution >= 4 is 5.91 Å². The molecular formula is C15H13N3O2. The Bertz CT molecular complexity index is 645. The average molecular weight is 267 g/mol. The van der Waals surface area contributed by atoms with Crippen LogP contribution in [0, 0.1) is 11.3 Å². The maximum Gasteiger partial charge on any atom is 0.251 e. The van der Waals surface area contributed by atoms with E-state index in [2.05, 4.69) is 10.3 Å². The predicted molar refractivity (Wildman–Crippen MR) is 73.1 cm³/mol. The lowest BCUT2D eigenvalue weighted by Crippen LogP contribution is -2.22. The van der Waals surface area contributed by atoms with Crippen molar-refractivity contribution in [2.45, 2.75) is 6.54 Å². The van der Waals surface area contributed by atoms with Crippen molar-refractivity contribution in [2.75, 3.05) is 7.11 Å². The first-order valence-electron chi connectivity index (χ1n) is 6.00. The summed E-state index contributed by atoms with van der Waals surface area (Å²) in [5.74, 6) is 0.305.